The van der Waals surface area contributed by atoms with Gasteiger partial charge in [-0.1, -0.05) is 19.1 Å². The average Bonchev–Trinajstić information content (AvgIpc) is 2.27. The number of rotatable bonds is 6. The minimum Gasteiger partial charge on any atom is -0.376 e. The number of thioether (sulfide) groups is 1. The number of nitrogens with one attached hydrogen (secondary N) is 1. The molecule has 0 amide bonds. The predicted octanol–water partition coefficient (Wildman–Crippen LogP) is 3.15. The molecule has 0 aliphatic rings. The molecule has 0 aromatic heterocycles. The summed E-state index contributed by atoms with van der Waals surface area (Å²) in [6.45, 7) is 4.13. The number of nitro groups is 1. The van der Waals surface area contributed by atoms with Crippen LogP contribution in [0.2, 0.25) is 0 Å². The summed E-state index contributed by atoms with van der Waals surface area (Å²) in [6, 6.07) is 6.96. The van der Waals surface area contributed by atoms with Gasteiger partial charge in [0, 0.05) is 17.9 Å². The van der Waals surface area contributed by atoms with Gasteiger partial charge in [-0.3, -0.25) is 10.1 Å². The fraction of sp³-hybridized carbons (Fsp3) is 0.455. The first-order valence-corrected chi connectivity index (χ1v) is 6.38. The van der Waals surface area contributed by atoms with E-state index in [0.717, 1.165) is 11.5 Å². The minimum atomic E-state index is -0.359. The van der Waals surface area contributed by atoms with Crippen molar-refractivity contribution in [3.63, 3.8) is 0 Å². The van der Waals surface area contributed by atoms with Crippen molar-refractivity contribution >= 4 is 23.1 Å². The number of hydrogen-bond acceptors (Lipinski definition) is 4. The van der Waals surface area contributed by atoms with Crippen LogP contribution in [0, 0.1) is 10.1 Å². The molecule has 0 bridgehead atoms. The molecule has 0 aliphatic heterocycles. The first-order chi connectivity index (χ1) is 7.65. The smallest absolute Gasteiger partial charge is 0.292 e. The molecule has 0 spiro atoms. The second-order valence-electron chi connectivity index (χ2n) is 3.48. The molecule has 0 heterocycles. The van der Waals surface area contributed by atoms with Crippen LogP contribution in [0.15, 0.2) is 24.3 Å². The zero-order valence-electron chi connectivity index (χ0n) is 9.47. The minimum absolute atomic E-state index is 0.135. The molecule has 0 fully saturated rings. The van der Waals surface area contributed by atoms with Gasteiger partial charge in [-0.2, -0.15) is 11.8 Å². The van der Waals surface area contributed by atoms with E-state index in [1.165, 1.54) is 6.07 Å². The maximum absolute atomic E-state index is 10.8. The van der Waals surface area contributed by atoms with Crippen molar-refractivity contribution in [1.29, 1.82) is 0 Å². The third-order valence-corrected chi connectivity index (χ3v) is 3.22. The van der Waals surface area contributed by atoms with Gasteiger partial charge in [0.1, 0.15) is 5.69 Å². The molecule has 1 atom stereocenters. The largest absolute Gasteiger partial charge is 0.376 e. The lowest BCUT2D eigenvalue weighted by Gasteiger charge is -2.14. The Morgan fingerprint density at radius 3 is 2.81 bits per heavy atom. The second-order valence-corrected chi connectivity index (χ2v) is 4.80. The van der Waals surface area contributed by atoms with Gasteiger partial charge >= 0.3 is 0 Å². The molecule has 1 aromatic carbocycles. The third kappa shape index (κ3) is 3.73. The Labute approximate surface area is 99.6 Å². The highest BCUT2D eigenvalue weighted by Gasteiger charge is 2.13. The third-order valence-electron chi connectivity index (χ3n) is 2.07. The molecule has 0 aliphatic carbocycles. The average molecular weight is 240 g/mol. The van der Waals surface area contributed by atoms with Gasteiger partial charge in [-0.05, 0) is 18.7 Å². The van der Waals surface area contributed by atoms with Crippen LogP contribution in [0.4, 0.5) is 11.4 Å². The van der Waals surface area contributed by atoms with E-state index in [4.69, 9.17) is 0 Å². The Morgan fingerprint density at radius 1 is 1.50 bits per heavy atom. The van der Waals surface area contributed by atoms with Crippen molar-refractivity contribution in [3.05, 3.63) is 34.4 Å². The van der Waals surface area contributed by atoms with Crippen molar-refractivity contribution in [3.8, 4) is 0 Å². The fourth-order valence-electron chi connectivity index (χ4n) is 1.36. The number of benzene rings is 1. The Hall–Kier alpha value is -1.23. The normalized spacial score (nSPS) is 12.1. The van der Waals surface area contributed by atoms with E-state index in [0.29, 0.717) is 5.69 Å². The summed E-state index contributed by atoms with van der Waals surface area (Å²) in [6.07, 6.45) is 0. The molecule has 1 rings (SSSR count). The van der Waals surface area contributed by atoms with Crippen molar-refractivity contribution in [1.82, 2.24) is 0 Å². The summed E-state index contributed by atoms with van der Waals surface area (Å²) < 4.78 is 0. The zero-order chi connectivity index (χ0) is 12.0. The van der Waals surface area contributed by atoms with Crippen LogP contribution in [-0.2, 0) is 0 Å². The van der Waals surface area contributed by atoms with E-state index < -0.39 is 0 Å². The molecule has 4 nitrogen and oxygen atoms in total. The Kier molecular flexibility index (Phi) is 5.11. The second kappa shape index (κ2) is 6.37. The van der Waals surface area contributed by atoms with Crippen LogP contribution in [0.1, 0.15) is 13.8 Å². The van der Waals surface area contributed by atoms with Gasteiger partial charge in [-0.15, -0.1) is 0 Å². The van der Waals surface area contributed by atoms with Gasteiger partial charge in [-0.25, -0.2) is 0 Å². The van der Waals surface area contributed by atoms with Crippen LogP contribution in [0.5, 0.6) is 0 Å². The first-order valence-electron chi connectivity index (χ1n) is 5.22. The number of para-hydroxylation sites is 2. The maximum atomic E-state index is 10.8. The molecule has 88 valence electrons. The molecular formula is C11H16N2O2S. The Morgan fingerprint density at radius 2 is 2.19 bits per heavy atom. The number of hydrogen-bond donors (Lipinski definition) is 1. The van der Waals surface area contributed by atoms with E-state index in [-0.39, 0.29) is 16.7 Å². The number of anilines is 1. The lowest BCUT2D eigenvalue weighted by molar-refractivity contribution is -0.384. The molecule has 5 heteroatoms. The molecule has 0 saturated heterocycles. The number of nitro benzene ring substituents is 1. The summed E-state index contributed by atoms with van der Waals surface area (Å²) >= 11 is 1.82. The standard InChI is InChI=1S/C11H16N2O2S/c1-3-16-8-9(2)12-10-6-4-5-7-11(10)13(14)15/h4-7,9,12H,3,8H2,1-2H3. The Bertz CT molecular complexity index is 358. The highest BCUT2D eigenvalue weighted by Crippen LogP contribution is 2.24. The molecule has 0 radical (unpaired) electrons. The molecular weight excluding hydrogens is 224 g/mol. The highest BCUT2D eigenvalue weighted by atomic mass is 32.2. The lowest BCUT2D eigenvalue weighted by atomic mass is 10.2. The van der Waals surface area contributed by atoms with E-state index >= 15 is 0 Å². The van der Waals surface area contributed by atoms with Gasteiger partial charge < -0.3 is 5.32 Å². The summed E-state index contributed by atoms with van der Waals surface area (Å²) in [5, 5.41) is 13.9. The van der Waals surface area contributed by atoms with Crippen LogP contribution >= 0.6 is 11.8 Å². The van der Waals surface area contributed by atoms with Crippen LogP contribution in [0.25, 0.3) is 0 Å². The summed E-state index contributed by atoms with van der Waals surface area (Å²) in [5.74, 6) is 2.01. The Balaban J connectivity index is 2.69. The molecule has 0 saturated carbocycles. The lowest BCUT2D eigenvalue weighted by Crippen LogP contribution is -2.18. The van der Waals surface area contributed by atoms with E-state index in [1.807, 2.05) is 18.7 Å². The van der Waals surface area contributed by atoms with Crippen molar-refractivity contribution in [2.24, 2.45) is 0 Å². The van der Waals surface area contributed by atoms with Gasteiger partial charge in [0.2, 0.25) is 0 Å². The first kappa shape index (κ1) is 12.8. The van der Waals surface area contributed by atoms with Crippen LogP contribution < -0.4 is 5.32 Å². The van der Waals surface area contributed by atoms with Crippen molar-refractivity contribution < 1.29 is 4.92 Å². The quantitative estimate of drug-likeness (QED) is 0.613. The molecule has 1 N–H and O–H groups in total. The van der Waals surface area contributed by atoms with E-state index in [9.17, 15) is 10.1 Å². The van der Waals surface area contributed by atoms with Crippen LogP contribution in [-0.4, -0.2) is 22.5 Å². The fourth-order valence-corrected chi connectivity index (χ4v) is 2.03. The molecule has 1 aromatic rings. The monoisotopic (exact) mass is 240 g/mol. The van der Waals surface area contributed by atoms with Gasteiger partial charge in [0.05, 0.1) is 4.92 Å². The van der Waals surface area contributed by atoms with Crippen molar-refractivity contribution in [2.45, 2.75) is 19.9 Å². The van der Waals surface area contributed by atoms with E-state index in [2.05, 4.69) is 12.2 Å². The maximum Gasteiger partial charge on any atom is 0.292 e. The SMILES string of the molecule is CCSCC(C)Nc1ccccc1[N+](=O)[O-]. The topological polar surface area (TPSA) is 55.2 Å². The summed E-state index contributed by atoms with van der Waals surface area (Å²) in [7, 11) is 0. The van der Waals surface area contributed by atoms with Gasteiger partial charge in [0.15, 0.2) is 0 Å². The highest BCUT2D eigenvalue weighted by molar-refractivity contribution is 7.99. The van der Waals surface area contributed by atoms with Crippen molar-refractivity contribution in [2.75, 3.05) is 16.8 Å². The van der Waals surface area contributed by atoms with E-state index in [1.54, 1.807) is 18.2 Å². The number of nitrogens with zero attached hydrogens (tertiary/aromatic N) is 1. The van der Waals surface area contributed by atoms with Gasteiger partial charge in [0.25, 0.3) is 5.69 Å². The summed E-state index contributed by atoms with van der Waals surface area (Å²) in [4.78, 5) is 10.4. The predicted molar refractivity (Wildman–Crippen MR) is 69.2 cm³/mol. The summed E-state index contributed by atoms with van der Waals surface area (Å²) in [5.41, 5.74) is 0.729. The van der Waals surface area contributed by atoms with Crippen LogP contribution in [0.3, 0.4) is 0 Å². The zero-order valence-corrected chi connectivity index (χ0v) is 10.3. The molecule has 1 unspecified atom stereocenters. The molecule has 16 heavy (non-hydrogen) atoms.